The monoisotopic (exact) mass is 215 g/mol. The average Bonchev–Trinajstić information content (AvgIpc) is 2.25. The Hall–Kier alpha value is -0.610. The third-order valence-corrected chi connectivity index (χ3v) is 2.42. The van der Waals surface area contributed by atoms with Gasteiger partial charge in [-0.3, -0.25) is 4.79 Å². The van der Waals surface area contributed by atoms with Crippen molar-refractivity contribution in [2.45, 2.75) is 27.2 Å². The van der Waals surface area contributed by atoms with E-state index in [-0.39, 0.29) is 5.91 Å². The lowest BCUT2D eigenvalue weighted by Crippen LogP contribution is -2.35. The molecule has 0 aromatic carbocycles. The number of carbonyl (C=O) groups excluding carboxylic acids is 1. The first-order valence-electron chi connectivity index (χ1n) is 5.94. The highest BCUT2D eigenvalue weighted by atomic mass is 16.1. The van der Waals surface area contributed by atoms with Crippen molar-refractivity contribution >= 4 is 5.91 Å². The zero-order valence-electron chi connectivity index (χ0n) is 10.3. The number of carbonyl (C=O) groups is 1. The Morgan fingerprint density at radius 2 is 1.80 bits per heavy atom. The lowest BCUT2D eigenvalue weighted by molar-refractivity contribution is -0.121. The molecule has 0 saturated carbocycles. The van der Waals surface area contributed by atoms with Gasteiger partial charge in [0, 0.05) is 26.1 Å². The SMILES string of the molecule is CCNCCC(=O)NCCN(CC)CC. The number of nitrogens with zero attached hydrogens (tertiary/aromatic N) is 1. The zero-order valence-corrected chi connectivity index (χ0v) is 10.3. The van der Waals surface area contributed by atoms with Crippen molar-refractivity contribution in [1.82, 2.24) is 15.5 Å². The molecule has 0 fully saturated rings. The van der Waals surface area contributed by atoms with Gasteiger partial charge in [0.05, 0.1) is 0 Å². The molecular formula is C11H25N3O. The van der Waals surface area contributed by atoms with Crippen molar-refractivity contribution in [3.63, 3.8) is 0 Å². The van der Waals surface area contributed by atoms with Gasteiger partial charge in [0.1, 0.15) is 0 Å². The van der Waals surface area contributed by atoms with Crippen LogP contribution in [0.3, 0.4) is 0 Å². The van der Waals surface area contributed by atoms with Crippen molar-refractivity contribution in [3.8, 4) is 0 Å². The largest absolute Gasteiger partial charge is 0.355 e. The summed E-state index contributed by atoms with van der Waals surface area (Å²) in [6.07, 6.45) is 0.575. The maximum atomic E-state index is 11.3. The molecule has 0 heterocycles. The molecule has 90 valence electrons. The van der Waals surface area contributed by atoms with Gasteiger partial charge in [-0.2, -0.15) is 0 Å². The molecule has 0 unspecified atom stereocenters. The number of hydrogen-bond acceptors (Lipinski definition) is 3. The van der Waals surface area contributed by atoms with Crippen LogP contribution in [0.2, 0.25) is 0 Å². The quantitative estimate of drug-likeness (QED) is 0.549. The summed E-state index contributed by atoms with van der Waals surface area (Å²) in [5.41, 5.74) is 0. The third-order valence-electron chi connectivity index (χ3n) is 2.42. The normalized spacial score (nSPS) is 10.7. The highest BCUT2D eigenvalue weighted by Crippen LogP contribution is 1.84. The molecule has 1 amide bonds. The Morgan fingerprint density at radius 3 is 2.33 bits per heavy atom. The molecule has 0 saturated heterocycles. The van der Waals surface area contributed by atoms with Crippen molar-refractivity contribution in [2.75, 3.05) is 39.3 Å². The molecule has 0 radical (unpaired) electrons. The van der Waals surface area contributed by atoms with Crippen molar-refractivity contribution in [2.24, 2.45) is 0 Å². The molecular weight excluding hydrogens is 190 g/mol. The van der Waals surface area contributed by atoms with E-state index in [2.05, 4.69) is 29.4 Å². The first-order chi connectivity index (χ1) is 7.24. The predicted molar refractivity (Wildman–Crippen MR) is 64.0 cm³/mol. The van der Waals surface area contributed by atoms with Crippen LogP contribution < -0.4 is 10.6 Å². The van der Waals surface area contributed by atoms with E-state index < -0.39 is 0 Å². The second-order valence-corrected chi connectivity index (χ2v) is 3.48. The summed E-state index contributed by atoms with van der Waals surface area (Å²) in [6, 6.07) is 0. The summed E-state index contributed by atoms with van der Waals surface area (Å²) >= 11 is 0. The zero-order chi connectivity index (χ0) is 11.5. The Bertz CT molecular complexity index is 158. The van der Waals surface area contributed by atoms with Gasteiger partial charge in [0.2, 0.25) is 5.91 Å². The van der Waals surface area contributed by atoms with Crippen LogP contribution in [-0.2, 0) is 4.79 Å². The molecule has 0 aromatic heterocycles. The van der Waals surface area contributed by atoms with Gasteiger partial charge in [-0.25, -0.2) is 0 Å². The second kappa shape index (κ2) is 9.93. The van der Waals surface area contributed by atoms with E-state index in [0.29, 0.717) is 6.42 Å². The van der Waals surface area contributed by atoms with Crippen LogP contribution in [0, 0.1) is 0 Å². The molecule has 0 rings (SSSR count). The van der Waals surface area contributed by atoms with Gasteiger partial charge in [-0.1, -0.05) is 20.8 Å². The molecule has 0 spiro atoms. The minimum Gasteiger partial charge on any atom is -0.355 e. The fraction of sp³-hybridized carbons (Fsp3) is 0.909. The van der Waals surface area contributed by atoms with Crippen LogP contribution in [0.4, 0.5) is 0 Å². The van der Waals surface area contributed by atoms with E-state index in [9.17, 15) is 4.79 Å². The van der Waals surface area contributed by atoms with Gasteiger partial charge in [-0.05, 0) is 19.6 Å². The molecule has 0 aliphatic carbocycles. The van der Waals surface area contributed by atoms with E-state index in [1.165, 1.54) is 0 Å². The van der Waals surface area contributed by atoms with E-state index in [1.807, 2.05) is 6.92 Å². The minimum atomic E-state index is 0.142. The summed E-state index contributed by atoms with van der Waals surface area (Å²) in [5.74, 6) is 0.142. The van der Waals surface area contributed by atoms with Crippen LogP contribution in [0.1, 0.15) is 27.2 Å². The summed E-state index contributed by atoms with van der Waals surface area (Å²) in [4.78, 5) is 13.6. The average molecular weight is 215 g/mol. The van der Waals surface area contributed by atoms with E-state index in [0.717, 1.165) is 39.3 Å². The molecule has 0 aliphatic rings. The van der Waals surface area contributed by atoms with Crippen LogP contribution in [-0.4, -0.2) is 50.1 Å². The molecule has 15 heavy (non-hydrogen) atoms. The summed E-state index contributed by atoms with van der Waals surface area (Å²) in [6.45, 7) is 11.8. The highest BCUT2D eigenvalue weighted by Gasteiger charge is 2.01. The topological polar surface area (TPSA) is 44.4 Å². The number of nitrogens with one attached hydrogen (secondary N) is 2. The fourth-order valence-electron chi connectivity index (χ4n) is 1.36. The third kappa shape index (κ3) is 8.39. The van der Waals surface area contributed by atoms with Crippen LogP contribution in [0.15, 0.2) is 0 Å². The molecule has 4 heteroatoms. The number of likely N-dealkylation sites (N-methyl/N-ethyl adjacent to an activating group) is 1. The van der Waals surface area contributed by atoms with Crippen LogP contribution >= 0.6 is 0 Å². The summed E-state index contributed by atoms with van der Waals surface area (Å²) in [5, 5.41) is 6.05. The Kier molecular flexibility index (Phi) is 9.52. The van der Waals surface area contributed by atoms with Crippen LogP contribution in [0.25, 0.3) is 0 Å². The standard InChI is InChI=1S/C11H25N3O/c1-4-12-8-7-11(15)13-9-10-14(5-2)6-3/h12H,4-10H2,1-3H3,(H,13,15). The van der Waals surface area contributed by atoms with E-state index in [4.69, 9.17) is 0 Å². The second-order valence-electron chi connectivity index (χ2n) is 3.48. The Labute approximate surface area is 93.4 Å². The maximum Gasteiger partial charge on any atom is 0.221 e. The fourth-order valence-corrected chi connectivity index (χ4v) is 1.36. The lowest BCUT2D eigenvalue weighted by atomic mass is 10.4. The summed E-state index contributed by atoms with van der Waals surface area (Å²) < 4.78 is 0. The summed E-state index contributed by atoms with van der Waals surface area (Å²) in [7, 11) is 0. The van der Waals surface area contributed by atoms with Crippen molar-refractivity contribution in [1.29, 1.82) is 0 Å². The first-order valence-corrected chi connectivity index (χ1v) is 5.94. The van der Waals surface area contributed by atoms with Crippen molar-refractivity contribution < 1.29 is 4.79 Å². The predicted octanol–water partition coefficient (Wildman–Crippen LogP) is 0.444. The number of amides is 1. The maximum absolute atomic E-state index is 11.3. The molecule has 2 N–H and O–H groups in total. The Morgan fingerprint density at radius 1 is 1.13 bits per heavy atom. The van der Waals surface area contributed by atoms with Gasteiger partial charge in [-0.15, -0.1) is 0 Å². The molecule has 0 atom stereocenters. The van der Waals surface area contributed by atoms with Gasteiger partial charge >= 0.3 is 0 Å². The Balaban J connectivity index is 3.37. The van der Waals surface area contributed by atoms with E-state index >= 15 is 0 Å². The smallest absolute Gasteiger partial charge is 0.221 e. The molecule has 4 nitrogen and oxygen atoms in total. The minimum absolute atomic E-state index is 0.142. The van der Waals surface area contributed by atoms with Gasteiger partial charge in [0.25, 0.3) is 0 Å². The number of hydrogen-bond donors (Lipinski definition) is 2. The lowest BCUT2D eigenvalue weighted by Gasteiger charge is -2.17. The molecule has 0 aromatic rings. The van der Waals surface area contributed by atoms with E-state index in [1.54, 1.807) is 0 Å². The van der Waals surface area contributed by atoms with Crippen LogP contribution in [0.5, 0.6) is 0 Å². The van der Waals surface area contributed by atoms with Gasteiger partial charge < -0.3 is 15.5 Å². The first kappa shape index (κ1) is 14.4. The molecule has 0 bridgehead atoms. The number of rotatable bonds is 9. The van der Waals surface area contributed by atoms with Gasteiger partial charge in [0.15, 0.2) is 0 Å². The van der Waals surface area contributed by atoms with Crippen molar-refractivity contribution in [3.05, 3.63) is 0 Å². The molecule has 0 aliphatic heterocycles. The highest BCUT2D eigenvalue weighted by molar-refractivity contribution is 5.76.